The molecule has 1 nitrogen and oxygen atoms in total. The number of benzene rings is 1. The number of hydrogen-bond donors (Lipinski definition) is 1. The molecule has 1 aliphatic rings. The third kappa shape index (κ3) is 4.19. The molecule has 1 N–H and O–H groups in total. The van der Waals surface area contributed by atoms with Crippen LogP contribution in [0.5, 0.6) is 0 Å². The van der Waals surface area contributed by atoms with Gasteiger partial charge >= 0.3 is 0 Å². The van der Waals surface area contributed by atoms with Gasteiger partial charge in [-0.05, 0) is 67.8 Å². The lowest BCUT2D eigenvalue weighted by molar-refractivity contribution is 0.169. The van der Waals surface area contributed by atoms with Crippen LogP contribution in [0.3, 0.4) is 0 Å². The fourth-order valence-electron chi connectivity index (χ4n) is 2.70. The first-order chi connectivity index (χ1) is 9.06. The van der Waals surface area contributed by atoms with Crippen molar-refractivity contribution in [1.82, 2.24) is 5.32 Å². The summed E-state index contributed by atoms with van der Waals surface area (Å²) in [5.41, 5.74) is 1.07. The minimum atomic E-state index is -0.298. The quantitative estimate of drug-likeness (QED) is 0.821. The molecular weight excluding hydrogens is 261 g/mol. The Balaban J connectivity index is 1.80. The monoisotopic (exact) mass is 283 g/mol. The van der Waals surface area contributed by atoms with Crippen molar-refractivity contribution in [1.29, 1.82) is 0 Å². The number of nitrogens with one attached hydrogen (secondary N) is 1. The van der Waals surface area contributed by atoms with Gasteiger partial charge in [0.25, 0.3) is 0 Å². The molecule has 0 spiro atoms. The Morgan fingerprint density at radius 3 is 2.63 bits per heavy atom. The fourth-order valence-corrected chi connectivity index (χ4v) is 2.82. The van der Waals surface area contributed by atoms with Gasteiger partial charge in [-0.1, -0.05) is 31.5 Å². The maximum atomic E-state index is 13.4. The molecule has 0 amide bonds. The van der Waals surface area contributed by atoms with Crippen LogP contribution in [0, 0.1) is 23.6 Å². The van der Waals surface area contributed by atoms with Gasteiger partial charge in [0.05, 0.1) is 5.02 Å². The molecule has 2 rings (SSSR count). The van der Waals surface area contributed by atoms with Crippen LogP contribution < -0.4 is 5.32 Å². The van der Waals surface area contributed by atoms with Crippen molar-refractivity contribution in [2.45, 2.75) is 33.1 Å². The second kappa shape index (κ2) is 6.71. The van der Waals surface area contributed by atoms with Gasteiger partial charge in [-0.25, -0.2) is 4.39 Å². The lowest BCUT2D eigenvalue weighted by Crippen LogP contribution is -2.37. The fraction of sp³-hybridized carbons (Fsp3) is 0.625. The first-order valence-electron chi connectivity index (χ1n) is 7.21. The summed E-state index contributed by atoms with van der Waals surface area (Å²) in [5, 5.41) is 3.74. The highest BCUT2D eigenvalue weighted by Gasteiger charge is 2.30. The minimum Gasteiger partial charge on any atom is -0.316 e. The standard InChI is InChI=1S/C16H23ClFN/c1-11(2)9-19-10-14-5-4-13(14)7-12-3-6-15(17)16(18)8-12/h3,6,8,11,13-14,19H,4-5,7,9-10H2,1-2H3. The van der Waals surface area contributed by atoms with Crippen LogP contribution in [0.4, 0.5) is 4.39 Å². The van der Waals surface area contributed by atoms with Gasteiger partial charge in [-0.15, -0.1) is 0 Å². The van der Waals surface area contributed by atoms with Crippen LogP contribution in [0.25, 0.3) is 0 Å². The van der Waals surface area contributed by atoms with E-state index in [1.807, 2.05) is 6.07 Å². The first kappa shape index (κ1) is 14.8. The highest BCUT2D eigenvalue weighted by atomic mass is 35.5. The SMILES string of the molecule is CC(C)CNCC1CCC1Cc1ccc(Cl)c(F)c1. The highest BCUT2D eigenvalue weighted by molar-refractivity contribution is 6.30. The zero-order valence-corrected chi connectivity index (χ0v) is 12.5. The van der Waals surface area contributed by atoms with Crippen molar-refractivity contribution >= 4 is 11.6 Å². The third-order valence-corrected chi connectivity index (χ3v) is 4.32. The highest BCUT2D eigenvalue weighted by Crippen LogP contribution is 2.36. The molecule has 106 valence electrons. The normalized spacial score (nSPS) is 22.6. The van der Waals surface area contributed by atoms with E-state index < -0.39 is 0 Å². The van der Waals surface area contributed by atoms with Gasteiger partial charge in [-0.3, -0.25) is 0 Å². The second-order valence-electron chi connectivity index (χ2n) is 6.10. The Morgan fingerprint density at radius 1 is 1.32 bits per heavy atom. The van der Waals surface area contributed by atoms with E-state index in [-0.39, 0.29) is 10.8 Å². The number of hydrogen-bond acceptors (Lipinski definition) is 1. The molecule has 0 radical (unpaired) electrons. The maximum absolute atomic E-state index is 13.4. The summed E-state index contributed by atoms with van der Waals surface area (Å²) >= 11 is 5.71. The summed E-state index contributed by atoms with van der Waals surface area (Å²) in [6.45, 7) is 6.63. The topological polar surface area (TPSA) is 12.0 Å². The zero-order chi connectivity index (χ0) is 13.8. The average Bonchev–Trinajstić information content (AvgIpc) is 2.34. The molecule has 3 heteroatoms. The van der Waals surface area contributed by atoms with Crippen LogP contribution in [0.2, 0.25) is 5.02 Å². The van der Waals surface area contributed by atoms with Crippen molar-refractivity contribution < 1.29 is 4.39 Å². The van der Waals surface area contributed by atoms with Crippen molar-refractivity contribution in [3.8, 4) is 0 Å². The van der Waals surface area contributed by atoms with Crippen molar-refractivity contribution in [2.75, 3.05) is 13.1 Å². The molecular formula is C16H23ClFN. The van der Waals surface area contributed by atoms with Crippen LogP contribution in [0.1, 0.15) is 32.3 Å². The summed E-state index contributed by atoms with van der Waals surface area (Å²) in [5.74, 6) is 1.84. The summed E-state index contributed by atoms with van der Waals surface area (Å²) in [6.07, 6.45) is 3.53. The molecule has 0 bridgehead atoms. The van der Waals surface area contributed by atoms with Crippen LogP contribution in [-0.4, -0.2) is 13.1 Å². The molecule has 19 heavy (non-hydrogen) atoms. The van der Waals surface area contributed by atoms with Crippen molar-refractivity contribution in [3.63, 3.8) is 0 Å². The molecule has 1 fully saturated rings. The number of halogens is 2. The molecule has 0 saturated heterocycles. The summed E-state index contributed by atoms with van der Waals surface area (Å²) in [4.78, 5) is 0. The molecule has 0 heterocycles. The van der Waals surface area contributed by atoms with Gasteiger partial charge in [0.1, 0.15) is 5.82 Å². The predicted octanol–water partition coefficient (Wildman–Crippen LogP) is 4.29. The molecule has 2 unspecified atom stereocenters. The maximum Gasteiger partial charge on any atom is 0.142 e. The lowest BCUT2D eigenvalue weighted by Gasteiger charge is -2.37. The molecule has 1 aromatic carbocycles. The Labute approximate surface area is 120 Å². The van der Waals surface area contributed by atoms with E-state index in [1.165, 1.54) is 12.8 Å². The van der Waals surface area contributed by atoms with Gasteiger partial charge < -0.3 is 5.32 Å². The number of rotatable bonds is 6. The van der Waals surface area contributed by atoms with E-state index in [1.54, 1.807) is 12.1 Å². The minimum absolute atomic E-state index is 0.215. The lowest BCUT2D eigenvalue weighted by atomic mass is 9.70. The average molecular weight is 284 g/mol. The zero-order valence-electron chi connectivity index (χ0n) is 11.8. The van der Waals surface area contributed by atoms with E-state index in [2.05, 4.69) is 19.2 Å². The summed E-state index contributed by atoms with van der Waals surface area (Å²) in [7, 11) is 0. The Kier molecular flexibility index (Phi) is 5.23. The smallest absolute Gasteiger partial charge is 0.142 e. The largest absolute Gasteiger partial charge is 0.316 e. The molecule has 0 aromatic heterocycles. The van der Waals surface area contributed by atoms with Gasteiger partial charge in [0.2, 0.25) is 0 Å². The van der Waals surface area contributed by atoms with Crippen LogP contribution >= 0.6 is 11.6 Å². The molecule has 1 aromatic rings. The van der Waals surface area contributed by atoms with Gasteiger partial charge in [-0.2, -0.15) is 0 Å². The first-order valence-corrected chi connectivity index (χ1v) is 7.58. The summed E-state index contributed by atoms with van der Waals surface area (Å²) in [6, 6.07) is 5.19. The second-order valence-corrected chi connectivity index (χ2v) is 6.51. The van der Waals surface area contributed by atoms with E-state index in [9.17, 15) is 4.39 Å². The van der Waals surface area contributed by atoms with E-state index in [0.717, 1.165) is 31.0 Å². The van der Waals surface area contributed by atoms with Crippen molar-refractivity contribution in [3.05, 3.63) is 34.6 Å². The van der Waals surface area contributed by atoms with Crippen molar-refractivity contribution in [2.24, 2.45) is 17.8 Å². The predicted molar refractivity (Wildman–Crippen MR) is 79.0 cm³/mol. The van der Waals surface area contributed by atoms with E-state index >= 15 is 0 Å². The Bertz CT molecular complexity index is 419. The third-order valence-electron chi connectivity index (χ3n) is 4.02. The Hall–Kier alpha value is -0.600. The van der Waals surface area contributed by atoms with Crippen LogP contribution in [0.15, 0.2) is 18.2 Å². The van der Waals surface area contributed by atoms with E-state index in [4.69, 9.17) is 11.6 Å². The van der Waals surface area contributed by atoms with Crippen LogP contribution in [-0.2, 0) is 6.42 Å². The molecule has 1 aliphatic carbocycles. The molecule has 0 aliphatic heterocycles. The van der Waals surface area contributed by atoms with E-state index in [0.29, 0.717) is 11.8 Å². The van der Waals surface area contributed by atoms with Gasteiger partial charge in [0.15, 0.2) is 0 Å². The Morgan fingerprint density at radius 2 is 2.05 bits per heavy atom. The molecule has 2 atom stereocenters. The summed E-state index contributed by atoms with van der Waals surface area (Å²) < 4.78 is 13.4. The molecule has 1 saturated carbocycles. The van der Waals surface area contributed by atoms with Gasteiger partial charge in [0, 0.05) is 0 Å².